The van der Waals surface area contributed by atoms with E-state index in [0.29, 0.717) is 14.1 Å². The van der Waals surface area contributed by atoms with Gasteiger partial charge < -0.3 is 10.6 Å². The summed E-state index contributed by atoms with van der Waals surface area (Å²) in [5.41, 5.74) is 0.450. The van der Waals surface area contributed by atoms with Gasteiger partial charge in [0.25, 0.3) is 17.5 Å². The van der Waals surface area contributed by atoms with Gasteiger partial charge in [-0.1, -0.05) is 0 Å². The van der Waals surface area contributed by atoms with Gasteiger partial charge in [0.05, 0.1) is 16.1 Å². The number of amides is 2. The number of nitro groups is 1. The number of nitrogens with zero attached hydrogens (tertiary/aromatic N) is 1. The molecule has 124 valence electrons. The molecule has 3 rings (SSSR count). The third kappa shape index (κ3) is 3.73. The zero-order chi connectivity index (χ0) is 17.3. The van der Waals surface area contributed by atoms with Crippen LogP contribution in [0.4, 0.5) is 10.7 Å². The molecule has 1 aromatic heterocycles. The highest BCUT2D eigenvalue weighted by atomic mass is 127. The van der Waals surface area contributed by atoms with Crippen molar-refractivity contribution in [2.45, 2.75) is 18.9 Å². The number of carbonyl (C=O) groups excluding carboxylic acids is 2. The van der Waals surface area contributed by atoms with Crippen LogP contribution in [-0.4, -0.2) is 22.8 Å². The largest absolute Gasteiger partial charge is 0.349 e. The first-order valence-electron chi connectivity index (χ1n) is 7.09. The molecule has 0 aliphatic heterocycles. The number of anilines is 1. The molecule has 1 aliphatic rings. The van der Waals surface area contributed by atoms with Crippen molar-refractivity contribution in [2.75, 3.05) is 5.32 Å². The van der Waals surface area contributed by atoms with E-state index in [9.17, 15) is 19.7 Å². The third-order valence-corrected chi connectivity index (χ3v) is 5.23. The number of thiophene rings is 1. The van der Waals surface area contributed by atoms with Crippen LogP contribution in [0.5, 0.6) is 0 Å². The highest BCUT2D eigenvalue weighted by Crippen LogP contribution is 2.27. The van der Waals surface area contributed by atoms with Gasteiger partial charge in [-0.25, -0.2) is 0 Å². The fourth-order valence-electron chi connectivity index (χ4n) is 2.05. The second kappa shape index (κ2) is 6.85. The molecular weight excluding hydrogens is 445 g/mol. The van der Waals surface area contributed by atoms with Crippen LogP contribution >= 0.6 is 33.9 Å². The summed E-state index contributed by atoms with van der Waals surface area (Å²) in [7, 11) is 0. The Hall–Kier alpha value is -2.01. The molecule has 2 aromatic rings. The molecule has 1 saturated carbocycles. The SMILES string of the molecule is O=C(Nc1sccc1C(=O)NC1CC1)c1cc([N+](=O)[O-])ccc1I. The maximum Gasteiger partial charge on any atom is 0.270 e. The Morgan fingerprint density at radius 3 is 2.62 bits per heavy atom. The van der Waals surface area contributed by atoms with Crippen molar-refractivity contribution in [1.29, 1.82) is 0 Å². The van der Waals surface area contributed by atoms with Crippen molar-refractivity contribution in [1.82, 2.24) is 5.32 Å². The van der Waals surface area contributed by atoms with Gasteiger partial charge in [-0.2, -0.15) is 0 Å². The second-order valence-corrected chi connectivity index (χ2v) is 7.36. The fourth-order valence-corrected chi connectivity index (χ4v) is 3.41. The molecule has 0 unspecified atom stereocenters. The van der Waals surface area contributed by atoms with Crippen LogP contribution < -0.4 is 10.6 Å². The number of halogens is 1. The third-order valence-electron chi connectivity index (χ3n) is 3.45. The molecule has 2 amide bonds. The first kappa shape index (κ1) is 16.8. The number of nitro benzene ring substituents is 1. The van der Waals surface area contributed by atoms with Crippen molar-refractivity contribution >= 4 is 56.4 Å². The molecule has 0 radical (unpaired) electrons. The first-order valence-corrected chi connectivity index (χ1v) is 9.05. The highest BCUT2D eigenvalue weighted by molar-refractivity contribution is 14.1. The Morgan fingerprint density at radius 1 is 1.21 bits per heavy atom. The zero-order valence-electron chi connectivity index (χ0n) is 12.2. The Balaban J connectivity index is 1.80. The van der Waals surface area contributed by atoms with Crippen LogP contribution in [0.3, 0.4) is 0 Å². The molecule has 1 aliphatic carbocycles. The fraction of sp³-hybridized carbons (Fsp3) is 0.200. The van der Waals surface area contributed by atoms with Crippen LogP contribution in [0, 0.1) is 13.7 Å². The lowest BCUT2D eigenvalue weighted by Crippen LogP contribution is -2.26. The lowest BCUT2D eigenvalue weighted by Gasteiger charge is -2.08. The van der Waals surface area contributed by atoms with Gasteiger partial charge in [-0.15, -0.1) is 11.3 Å². The summed E-state index contributed by atoms with van der Waals surface area (Å²) in [5, 5.41) is 18.6. The molecule has 0 bridgehead atoms. The van der Waals surface area contributed by atoms with Crippen LogP contribution in [0.2, 0.25) is 0 Å². The second-order valence-electron chi connectivity index (χ2n) is 5.29. The predicted molar refractivity (Wildman–Crippen MR) is 98.6 cm³/mol. The van der Waals surface area contributed by atoms with E-state index in [1.54, 1.807) is 11.4 Å². The smallest absolute Gasteiger partial charge is 0.270 e. The highest BCUT2D eigenvalue weighted by Gasteiger charge is 2.26. The molecule has 2 N–H and O–H groups in total. The Bertz CT molecular complexity index is 832. The summed E-state index contributed by atoms with van der Waals surface area (Å²) in [6, 6.07) is 5.96. The zero-order valence-corrected chi connectivity index (χ0v) is 15.2. The van der Waals surface area contributed by atoms with Crippen molar-refractivity contribution in [2.24, 2.45) is 0 Å². The number of rotatable bonds is 5. The summed E-state index contributed by atoms with van der Waals surface area (Å²) in [5.74, 6) is -0.700. The van der Waals surface area contributed by atoms with E-state index in [1.807, 2.05) is 22.6 Å². The Labute approximate surface area is 154 Å². The van der Waals surface area contributed by atoms with E-state index >= 15 is 0 Å². The minimum Gasteiger partial charge on any atom is -0.349 e. The topological polar surface area (TPSA) is 101 Å². The lowest BCUT2D eigenvalue weighted by atomic mass is 10.2. The average Bonchev–Trinajstić information content (AvgIpc) is 3.22. The van der Waals surface area contributed by atoms with Crippen molar-refractivity contribution in [3.63, 3.8) is 0 Å². The minimum atomic E-state index is -0.549. The maximum absolute atomic E-state index is 12.5. The number of carbonyl (C=O) groups is 2. The summed E-state index contributed by atoms with van der Waals surface area (Å²) in [4.78, 5) is 34.9. The van der Waals surface area contributed by atoms with Crippen LogP contribution in [0.1, 0.15) is 33.6 Å². The van der Waals surface area contributed by atoms with E-state index in [-0.39, 0.29) is 23.2 Å². The van der Waals surface area contributed by atoms with E-state index < -0.39 is 10.8 Å². The standard InChI is InChI=1S/C15H12IN3O4S/c16-12-4-3-9(19(22)23)7-11(12)14(21)18-15-10(5-6-24-15)13(20)17-8-1-2-8/h3-8H,1-2H2,(H,17,20)(H,18,21). The molecule has 1 heterocycles. The van der Waals surface area contributed by atoms with Crippen LogP contribution in [0.15, 0.2) is 29.6 Å². The number of hydrogen-bond donors (Lipinski definition) is 2. The molecule has 1 aromatic carbocycles. The molecular formula is C15H12IN3O4S. The van der Waals surface area contributed by atoms with Crippen LogP contribution in [0.25, 0.3) is 0 Å². The van der Waals surface area contributed by atoms with Gasteiger partial charge >= 0.3 is 0 Å². The van der Waals surface area contributed by atoms with Gasteiger partial charge in [-0.05, 0) is 52.9 Å². The molecule has 0 saturated heterocycles. The maximum atomic E-state index is 12.5. The number of non-ortho nitro benzene ring substituents is 1. The van der Waals surface area contributed by atoms with Crippen LogP contribution in [-0.2, 0) is 0 Å². The normalized spacial score (nSPS) is 13.4. The monoisotopic (exact) mass is 457 g/mol. The average molecular weight is 457 g/mol. The van der Waals surface area contributed by atoms with Gasteiger partial charge in [0.15, 0.2) is 0 Å². The van der Waals surface area contributed by atoms with Crippen molar-refractivity contribution in [3.8, 4) is 0 Å². The number of benzene rings is 1. The number of hydrogen-bond acceptors (Lipinski definition) is 5. The number of nitrogens with one attached hydrogen (secondary N) is 2. The Kier molecular flexibility index (Phi) is 4.81. The quantitative estimate of drug-likeness (QED) is 0.408. The van der Waals surface area contributed by atoms with E-state index in [4.69, 9.17) is 0 Å². The molecule has 9 heteroatoms. The Morgan fingerprint density at radius 2 is 1.96 bits per heavy atom. The van der Waals surface area contributed by atoms with Gasteiger partial charge in [0.1, 0.15) is 5.00 Å². The molecule has 7 nitrogen and oxygen atoms in total. The summed E-state index contributed by atoms with van der Waals surface area (Å²) in [6.07, 6.45) is 1.95. The van der Waals surface area contributed by atoms with Gasteiger partial charge in [-0.3, -0.25) is 19.7 Å². The summed E-state index contributed by atoms with van der Waals surface area (Å²) >= 11 is 3.18. The molecule has 0 spiro atoms. The predicted octanol–water partition coefficient (Wildman–Crippen LogP) is 3.41. The van der Waals surface area contributed by atoms with E-state index in [2.05, 4.69) is 10.6 Å². The van der Waals surface area contributed by atoms with Gasteiger partial charge in [0, 0.05) is 21.7 Å². The molecule has 0 atom stereocenters. The summed E-state index contributed by atoms with van der Waals surface area (Å²) < 4.78 is 0.594. The van der Waals surface area contributed by atoms with Gasteiger partial charge in [0.2, 0.25) is 0 Å². The van der Waals surface area contributed by atoms with Crippen molar-refractivity contribution < 1.29 is 14.5 Å². The first-order chi connectivity index (χ1) is 11.5. The van der Waals surface area contributed by atoms with Crippen molar-refractivity contribution in [3.05, 3.63) is 54.5 Å². The summed E-state index contributed by atoms with van der Waals surface area (Å²) in [6.45, 7) is 0. The van der Waals surface area contributed by atoms with E-state index in [1.165, 1.54) is 29.5 Å². The molecule has 24 heavy (non-hydrogen) atoms. The minimum absolute atomic E-state index is 0.154. The van der Waals surface area contributed by atoms with E-state index in [0.717, 1.165) is 12.8 Å². The molecule has 1 fully saturated rings. The lowest BCUT2D eigenvalue weighted by molar-refractivity contribution is -0.384.